The fourth-order valence-corrected chi connectivity index (χ4v) is 4.62. The van der Waals surface area contributed by atoms with E-state index in [0.717, 1.165) is 11.1 Å². The van der Waals surface area contributed by atoms with Gasteiger partial charge < -0.3 is 15.2 Å². The predicted octanol–water partition coefficient (Wildman–Crippen LogP) is 8.71. The fraction of sp³-hybridized carbons (Fsp3) is 0.0938. The Morgan fingerprint density at radius 2 is 1.47 bits per heavy atom. The fourth-order valence-electron chi connectivity index (χ4n) is 4.13. The number of anilines is 2. The minimum absolute atomic E-state index is 0.00157. The maximum atomic E-state index is 13.2. The summed E-state index contributed by atoms with van der Waals surface area (Å²) in [6, 6.07) is 23.5. The van der Waals surface area contributed by atoms with Gasteiger partial charge in [-0.25, -0.2) is 0 Å². The van der Waals surface area contributed by atoms with Gasteiger partial charge in [0.15, 0.2) is 0 Å². The molecular formula is C32H27Cl2NO3. The Morgan fingerprint density at radius 1 is 0.842 bits per heavy atom. The largest absolute Gasteiger partial charge is 0.507 e. The van der Waals surface area contributed by atoms with Gasteiger partial charge in [-0.15, -0.1) is 13.2 Å². The smallest absolute Gasteiger partial charge is 0.315 e. The quantitative estimate of drug-likeness (QED) is 0.119. The third-order valence-electron chi connectivity index (χ3n) is 5.95. The molecule has 6 heteroatoms. The number of aromatic hydroxyl groups is 1. The molecule has 38 heavy (non-hydrogen) atoms. The molecule has 0 saturated carbocycles. The Bertz CT molecular complexity index is 1480. The van der Waals surface area contributed by atoms with Crippen molar-refractivity contribution < 1.29 is 14.6 Å². The maximum Gasteiger partial charge on any atom is 0.315 e. The minimum atomic E-state index is -0.455. The summed E-state index contributed by atoms with van der Waals surface area (Å²) in [6.45, 7) is 7.61. The molecule has 0 radical (unpaired) electrons. The van der Waals surface area contributed by atoms with Crippen LogP contribution in [-0.4, -0.2) is 11.1 Å². The summed E-state index contributed by atoms with van der Waals surface area (Å²) in [6.07, 6.45) is 4.88. The number of phenolic OH excluding ortho intramolecular Hbond substituents is 1. The highest BCUT2D eigenvalue weighted by Gasteiger charge is 2.17. The van der Waals surface area contributed by atoms with Crippen LogP contribution < -0.4 is 10.1 Å². The van der Waals surface area contributed by atoms with Crippen LogP contribution >= 0.6 is 23.2 Å². The average molecular weight is 544 g/mol. The minimum Gasteiger partial charge on any atom is -0.507 e. The van der Waals surface area contributed by atoms with E-state index in [0.29, 0.717) is 56.7 Å². The molecule has 0 fully saturated rings. The van der Waals surface area contributed by atoms with Crippen molar-refractivity contribution in [3.8, 4) is 22.6 Å². The van der Waals surface area contributed by atoms with Gasteiger partial charge in [0.25, 0.3) is 0 Å². The Kier molecular flexibility index (Phi) is 8.90. The van der Waals surface area contributed by atoms with Gasteiger partial charge in [0.1, 0.15) is 11.5 Å². The maximum absolute atomic E-state index is 13.2. The third kappa shape index (κ3) is 6.46. The first-order chi connectivity index (χ1) is 18.4. The van der Waals surface area contributed by atoms with Gasteiger partial charge in [-0.2, -0.15) is 0 Å². The molecule has 2 N–H and O–H groups in total. The first-order valence-corrected chi connectivity index (χ1v) is 12.8. The zero-order valence-corrected chi connectivity index (χ0v) is 22.2. The van der Waals surface area contributed by atoms with Gasteiger partial charge in [-0.1, -0.05) is 71.8 Å². The second kappa shape index (κ2) is 12.5. The summed E-state index contributed by atoms with van der Waals surface area (Å²) in [5, 5.41) is 14.9. The standard InChI is InChI=1S/C32H27Cl2NO3/c1-3-8-21-14-16-29(36)24(18-21)25-19-22(9-4-2)15-17-30(25)38-31(37)20-23-10-5-6-13-28(23)35-32-26(33)11-7-12-27(32)34/h3-7,10-19,35-36H,1-2,8-9,20H2. The van der Waals surface area contributed by atoms with Gasteiger partial charge in [0, 0.05) is 16.8 Å². The van der Waals surface area contributed by atoms with Crippen LogP contribution in [0.2, 0.25) is 10.0 Å². The number of ether oxygens (including phenoxy) is 1. The van der Waals surface area contributed by atoms with E-state index in [4.69, 9.17) is 27.9 Å². The summed E-state index contributed by atoms with van der Waals surface area (Å²) >= 11 is 12.7. The Balaban J connectivity index is 1.63. The summed E-state index contributed by atoms with van der Waals surface area (Å²) in [5.74, 6) is -0.00514. The molecule has 0 atom stereocenters. The number of nitrogens with one attached hydrogen (secondary N) is 1. The number of rotatable bonds is 10. The number of para-hydroxylation sites is 2. The molecule has 0 spiro atoms. The Hall–Kier alpha value is -3.99. The van der Waals surface area contributed by atoms with E-state index in [1.165, 1.54) is 0 Å². The lowest BCUT2D eigenvalue weighted by molar-refractivity contribution is -0.133. The molecule has 0 heterocycles. The van der Waals surface area contributed by atoms with Crippen molar-refractivity contribution in [2.45, 2.75) is 19.3 Å². The molecule has 0 aliphatic rings. The second-order valence-electron chi connectivity index (χ2n) is 8.70. The van der Waals surface area contributed by atoms with E-state index >= 15 is 0 Å². The molecule has 4 aromatic rings. The Labute approximate surface area is 232 Å². The summed E-state index contributed by atoms with van der Waals surface area (Å²) in [5.41, 5.74) is 5.13. The number of benzene rings is 4. The molecule has 0 unspecified atom stereocenters. The number of halogens is 2. The van der Waals surface area contributed by atoms with Crippen LogP contribution in [0.3, 0.4) is 0 Å². The highest BCUT2D eigenvalue weighted by Crippen LogP contribution is 2.38. The van der Waals surface area contributed by atoms with Crippen molar-refractivity contribution >= 4 is 40.5 Å². The van der Waals surface area contributed by atoms with Crippen LogP contribution in [0, 0.1) is 0 Å². The zero-order valence-electron chi connectivity index (χ0n) is 20.7. The average Bonchev–Trinajstić information content (AvgIpc) is 2.89. The second-order valence-corrected chi connectivity index (χ2v) is 9.51. The van der Waals surface area contributed by atoms with E-state index in [1.54, 1.807) is 42.5 Å². The van der Waals surface area contributed by atoms with E-state index in [-0.39, 0.29) is 12.2 Å². The molecule has 0 aromatic heterocycles. The lowest BCUT2D eigenvalue weighted by Gasteiger charge is -2.16. The number of hydrogen-bond acceptors (Lipinski definition) is 4. The normalized spacial score (nSPS) is 10.6. The first kappa shape index (κ1) is 27.1. The van der Waals surface area contributed by atoms with Gasteiger partial charge in [-0.05, 0) is 72.0 Å². The topological polar surface area (TPSA) is 58.6 Å². The van der Waals surface area contributed by atoms with Gasteiger partial charge >= 0.3 is 5.97 Å². The number of hydrogen-bond donors (Lipinski definition) is 2. The van der Waals surface area contributed by atoms with Gasteiger partial charge in [-0.3, -0.25) is 4.79 Å². The van der Waals surface area contributed by atoms with E-state index < -0.39 is 5.97 Å². The number of carbonyl (C=O) groups is 1. The van der Waals surface area contributed by atoms with Crippen molar-refractivity contribution in [1.29, 1.82) is 0 Å². The molecule has 4 nitrogen and oxygen atoms in total. The molecule has 4 rings (SSSR count). The lowest BCUT2D eigenvalue weighted by Crippen LogP contribution is -2.13. The third-order valence-corrected chi connectivity index (χ3v) is 6.58. The Morgan fingerprint density at radius 3 is 2.16 bits per heavy atom. The molecule has 0 aliphatic carbocycles. The lowest BCUT2D eigenvalue weighted by atomic mass is 9.97. The van der Waals surface area contributed by atoms with Crippen LogP contribution in [-0.2, 0) is 24.1 Å². The molecule has 192 valence electrons. The van der Waals surface area contributed by atoms with Crippen molar-refractivity contribution in [1.82, 2.24) is 0 Å². The van der Waals surface area contributed by atoms with Crippen molar-refractivity contribution in [2.75, 3.05) is 5.32 Å². The van der Waals surface area contributed by atoms with E-state index in [1.807, 2.05) is 48.5 Å². The van der Waals surface area contributed by atoms with Crippen molar-refractivity contribution in [2.24, 2.45) is 0 Å². The summed E-state index contributed by atoms with van der Waals surface area (Å²) < 4.78 is 5.87. The van der Waals surface area contributed by atoms with Crippen LogP contribution in [0.25, 0.3) is 11.1 Å². The van der Waals surface area contributed by atoms with E-state index in [2.05, 4.69) is 18.5 Å². The first-order valence-electron chi connectivity index (χ1n) is 12.1. The zero-order chi connectivity index (χ0) is 27.1. The number of carbonyl (C=O) groups excluding carboxylic acids is 1. The molecule has 0 aliphatic heterocycles. The van der Waals surface area contributed by atoms with Crippen LogP contribution in [0.15, 0.2) is 104 Å². The van der Waals surface area contributed by atoms with Crippen molar-refractivity contribution in [3.63, 3.8) is 0 Å². The van der Waals surface area contributed by atoms with Crippen LogP contribution in [0.5, 0.6) is 11.5 Å². The van der Waals surface area contributed by atoms with Gasteiger partial charge in [0.2, 0.25) is 0 Å². The number of phenols is 1. The van der Waals surface area contributed by atoms with Crippen molar-refractivity contribution in [3.05, 3.63) is 131 Å². The number of allylic oxidation sites excluding steroid dienone is 2. The SMILES string of the molecule is C=CCc1ccc(O)c(-c2cc(CC=C)ccc2OC(=O)Cc2ccccc2Nc2c(Cl)cccc2Cl)c1. The summed E-state index contributed by atoms with van der Waals surface area (Å²) in [7, 11) is 0. The molecule has 0 saturated heterocycles. The molecule has 4 aromatic carbocycles. The molecular weight excluding hydrogens is 517 g/mol. The van der Waals surface area contributed by atoms with Crippen LogP contribution in [0.1, 0.15) is 16.7 Å². The molecule has 0 bridgehead atoms. The monoisotopic (exact) mass is 543 g/mol. The number of esters is 1. The van der Waals surface area contributed by atoms with Crippen LogP contribution in [0.4, 0.5) is 11.4 Å². The highest BCUT2D eigenvalue weighted by atomic mass is 35.5. The predicted molar refractivity (Wildman–Crippen MR) is 157 cm³/mol. The van der Waals surface area contributed by atoms with Gasteiger partial charge in [0.05, 0.1) is 22.2 Å². The summed E-state index contributed by atoms with van der Waals surface area (Å²) in [4.78, 5) is 13.2. The molecule has 0 amide bonds. The van der Waals surface area contributed by atoms with E-state index in [9.17, 15) is 9.90 Å². The highest BCUT2D eigenvalue weighted by molar-refractivity contribution is 6.39.